The van der Waals surface area contributed by atoms with E-state index in [1.165, 1.54) is 5.56 Å². The van der Waals surface area contributed by atoms with Crippen LogP contribution >= 0.6 is 22.7 Å². The molecule has 0 amide bonds. The fourth-order valence-corrected chi connectivity index (χ4v) is 1.02. The second-order valence-electron chi connectivity index (χ2n) is 1.82. The van der Waals surface area contributed by atoms with Crippen molar-refractivity contribution in [1.82, 2.24) is 0 Å². The van der Waals surface area contributed by atoms with Gasteiger partial charge in [0.1, 0.15) is 0 Å². The minimum Gasteiger partial charge on any atom is -0.300 e. The third-order valence-corrected chi connectivity index (χ3v) is 1.66. The third-order valence-electron chi connectivity index (χ3n) is 1.12. The van der Waals surface area contributed by atoms with Crippen LogP contribution in [-0.4, -0.2) is 0 Å². The summed E-state index contributed by atoms with van der Waals surface area (Å²) in [4.78, 5) is 0. The molecular formula is C7H8OS2. The molecular weight excluding hydrogens is 164 g/mol. The second kappa shape index (κ2) is 4.66. The molecule has 3 heteroatoms. The van der Waals surface area contributed by atoms with Crippen molar-refractivity contribution >= 4 is 22.7 Å². The summed E-state index contributed by atoms with van der Waals surface area (Å²) in [7, 11) is 0. The molecule has 10 heavy (non-hydrogen) atoms. The van der Waals surface area contributed by atoms with Gasteiger partial charge in [-0.25, -0.2) is 0 Å². The third kappa shape index (κ3) is 2.64. The summed E-state index contributed by atoms with van der Waals surface area (Å²) in [6.07, 6.45) is 0. The summed E-state index contributed by atoms with van der Waals surface area (Å²) in [6, 6.07) is 10.00. The number of thiol groups is 1. The van der Waals surface area contributed by atoms with Crippen LogP contribution in [0, 0.1) is 0 Å². The molecule has 0 radical (unpaired) electrons. The summed E-state index contributed by atoms with van der Waals surface area (Å²) in [5.41, 5.74) is 1.17. The van der Waals surface area contributed by atoms with Crippen LogP contribution in [0.15, 0.2) is 30.3 Å². The maximum atomic E-state index is 5.00. The van der Waals surface area contributed by atoms with E-state index >= 15 is 0 Å². The molecule has 54 valence electrons. The Balaban J connectivity index is 2.43. The molecule has 0 saturated carbocycles. The summed E-state index contributed by atoms with van der Waals surface area (Å²) in [6.45, 7) is 0.620. The van der Waals surface area contributed by atoms with Gasteiger partial charge in [0.05, 0.1) is 17.7 Å². The highest BCUT2D eigenvalue weighted by molar-refractivity contribution is 8.66. The van der Waals surface area contributed by atoms with Crippen LogP contribution in [0.3, 0.4) is 0 Å². The zero-order valence-electron chi connectivity index (χ0n) is 5.36. The van der Waals surface area contributed by atoms with Crippen LogP contribution in [0.4, 0.5) is 0 Å². The monoisotopic (exact) mass is 172 g/mol. The van der Waals surface area contributed by atoms with Gasteiger partial charge in [-0.1, -0.05) is 42.0 Å². The Hall–Kier alpha value is -0.120. The SMILES string of the molecule is SSOCc1ccccc1. The van der Waals surface area contributed by atoms with Gasteiger partial charge in [-0.05, 0) is 5.56 Å². The zero-order chi connectivity index (χ0) is 7.23. The van der Waals surface area contributed by atoms with Gasteiger partial charge in [-0.2, -0.15) is 0 Å². The average molecular weight is 172 g/mol. The van der Waals surface area contributed by atoms with Crippen LogP contribution in [0.2, 0.25) is 0 Å². The number of hydrogen-bond acceptors (Lipinski definition) is 3. The Morgan fingerprint density at radius 2 is 2.00 bits per heavy atom. The van der Waals surface area contributed by atoms with E-state index < -0.39 is 0 Å². The van der Waals surface area contributed by atoms with E-state index in [0.29, 0.717) is 6.61 Å². The van der Waals surface area contributed by atoms with E-state index in [0.717, 1.165) is 11.1 Å². The molecule has 0 bridgehead atoms. The minimum absolute atomic E-state index is 0.620. The standard InChI is InChI=1S/C7H8OS2/c9-10-8-6-7-4-2-1-3-5-7/h1-5,9H,6H2. The van der Waals surface area contributed by atoms with Gasteiger partial charge in [0.25, 0.3) is 0 Å². The average Bonchev–Trinajstić information content (AvgIpc) is 2.03. The molecule has 0 saturated heterocycles. The molecule has 0 aliphatic rings. The minimum atomic E-state index is 0.620. The smallest absolute Gasteiger partial charge is 0.0874 e. The van der Waals surface area contributed by atoms with Crippen LogP contribution in [0.25, 0.3) is 0 Å². The quantitative estimate of drug-likeness (QED) is 0.426. The van der Waals surface area contributed by atoms with Crippen molar-refractivity contribution in [1.29, 1.82) is 0 Å². The van der Waals surface area contributed by atoms with Crippen molar-refractivity contribution in [3.05, 3.63) is 35.9 Å². The van der Waals surface area contributed by atoms with Gasteiger partial charge in [0.2, 0.25) is 0 Å². The van der Waals surface area contributed by atoms with Crippen LogP contribution in [0.1, 0.15) is 5.56 Å². The summed E-state index contributed by atoms with van der Waals surface area (Å²) in [5.74, 6) is 0. The van der Waals surface area contributed by atoms with Gasteiger partial charge in [-0.3, -0.25) is 0 Å². The molecule has 0 N–H and O–H groups in total. The van der Waals surface area contributed by atoms with E-state index in [2.05, 4.69) is 11.7 Å². The predicted molar refractivity (Wildman–Crippen MR) is 47.8 cm³/mol. The lowest BCUT2D eigenvalue weighted by atomic mass is 10.2. The Bertz CT molecular complexity index is 176. The maximum absolute atomic E-state index is 5.00. The summed E-state index contributed by atoms with van der Waals surface area (Å²) >= 11 is 4.94. The van der Waals surface area contributed by atoms with Gasteiger partial charge >= 0.3 is 0 Å². The predicted octanol–water partition coefficient (Wildman–Crippen LogP) is 2.70. The highest BCUT2D eigenvalue weighted by Gasteiger charge is 1.88. The maximum Gasteiger partial charge on any atom is 0.0874 e. The highest BCUT2D eigenvalue weighted by Crippen LogP contribution is 2.10. The van der Waals surface area contributed by atoms with E-state index in [-0.39, 0.29) is 0 Å². The molecule has 0 fully saturated rings. The zero-order valence-corrected chi connectivity index (χ0v) is 7.07. The Morgan fingerprint density at radius 1 is 1.30 bits per heavy atom. The van der Waals surface area contributed by atoms with E-state index in [1.54, 1.807) is 0 Å². The second-order valence-corrected chi connectivity index (χ2v) is 2.65. The molecule has 0 aromatic heterocycles. The summed E-state index contributed by atoms with van der Waals surface area (Å²) in [5, 5.41) is 0. The number of benzene rings is 1. The molecule has 1 aromatic rings. The number of hydrogen-bond donors (Lipinski definition) is 1. The van der Waals surface area contributed by atoms with Crippen LogP contribution < -0.4 is 0 Å². The van der Waals surface area contributed by atoms with Crippen molar-refractivity contribution in [2.24, 2.45) is 0 Å². The first kappa shape index (κ1) is 7.98. The first-order valence-corrected chi connectivity index (χ1v) is 4.70. The fourth-order valence-electron chi connectivity index (χ4n) is 0.669. The van der Waals surface area contributed by atoms with Crippen LogP contribution in [-0.2, 0) is 10.8 Å². The van der Waals surface area contributed by atoms with Gasteiger partial charge in [-0.15, -0.1) is 0 Å². The molecule has 0 spiro atoms. The van der Waals surface area contributed by atoms with Gasteiger partial charge in [0.15, 0.2) is 0 Å². The van der Waals surface area contributed by atoms with Gasteiger partial charge in [0, 0.05) is 0 Å². The molecule has 0 atom stereocenters. The van der Waals surface area contributed by atoms with E-state index in [4.69, 9.17) is 4.18 Å². The largest absolute Gasteiger partial charge is 0.300 e. The lowest BCUT2D eigenvalue weighted by Crippen LogP contribution is -1.81. The highest BCUT2D eigenvalue weighted by atomic mass is 33.1. The molecule has 0 unspecified atom stereocenters. The Kier molecular flexibility index (Phi) is 3.72. The number of rotatable bonds is 3. The lowest BCUT2D eigenvalue weighted by Gasteiger charge is -1.96. The van der Waals surface area contributed by atoms with Crippen molar-refractivity contribution in [3.8, 4) is 0 Å². The van der Waals surface area contributed by atoms with Crippen molar-refractivity contribution < 1.29 is 4.18 Å². The lowest BCUT2D eigenvalue weighted by molar-refractivity contribution is 0.370. The van der Waals surface area contributed by atoms with Crippen LogP contribution in [0.5, 0.6) is 0 Å². The van der Waals surface area contributed by atoms with E-state index in [9.17, 15) is 0 Å². The topological polar surface area (TPSA) is 9.23 Å². The van der Waals surface area contributed by atoms with E-state index in [1.807, 2.05) is 30.3 Å². The molecule has 0 aliphatic heterocycles. The molecule has 1 rings (SSSR count). The molecule has 1 aromatic carbocycles. The summed E-state index contributed by atoms with van der Waals surface area (Å²) < 4.78 is 5.00. The van der Waals surface area contributed by atoms with Gasteiger partial charge < -0.3 is 4.18 Å². The Morgan fingerprint density at radius 3 is 2.60 bits per heavy atom. The van der Waals surface area contributed by atoms with Crippen molar-refractivity contribution in [2.45, 2.75) is 6.61 Å². The molecule has 0 heterocycles. The fraction of sp³-hybridized carbons (Fsp3) is 0.143. The molecule has 1 nitrogen and oxygen atoms in total. The normalized spacial score (nSPS) is 9.70. The van der Waals surface area contributed by atoms with Crippen molar-refractivity contribution in [3.63, 3.8) is 0 Å². The van der Waals surface area contributed by atoms with Crippen molar-refractivity contribution in [2.75, 3.05) is 0 Å². The first-order chi connectivity index (χ1) is 4.93. The molecule has 0 aliphatic carbocycles. The first-order valence-electron chi connectivity index (χ1n) is 2.90. The Labute approximate surface area is 69.8 Å².